The molecule has 11 nitrogen and oxygen atoms in total. The summed E-state index contributed by atoms with van der Waals surface area (Å²) in [5.74, 6) is 0.0750. The van der Waals surface area contributed by atoms with Crippen molar-refractivity contribution < 1.29 is 28.5 Å². The summed E-state index contributed by atoms with van der Waals surface area (Å²) in [7, 11) is 2.91. The van der Waals surface area contributed by atoms with Gasteiger partial charge in [-0.2, -0.15) is 0 Å². The fourth-order valence-corrected chi connectivity index (χ4v) is 3.34. The van der Waals surface area contributed by atoms with E-state index in [1.807, 2.05) is 0 Å². The van der Waals surface area contributed by atoms with E-state index in [1.54, 1.807) is 36.4 Å². The molecular formula is C23H16N2O9. The minimum absolute atomic E-state index is 0.0164. The van der Waals surface area contributed by atoms with E-state index in [1.165, 1.54) is 20.3 Å². The van der Waals surface area contributed by atoms with Crippen molar-refractivity contribution in [3.05, 3.63) is 91.1 Å². The standard InChI is InChI=1S/C23H16N2O9/c1-31-19-9-7-13(11-20(19)32-2)22-23(21(26)15-5-3-4-6-17(15)33-22)34-18-10-8-14(24(27)28)12-16(18)25(29)30/h3-12H,1-2H3. The maximum Gasteiger partial charge on any atom is 0.318 e. The van der Waals surface area contributed by atoms with E-state index in [2.05, 4.69) is 0 Å². The minimum atomic E-state index is -0.832. The number of methoxy groups -OCH3 is 2. The Morgan fingerprint density at radius 1 is 0.824 bits per heavy atom. The first-order chi connectivity index (χ1) is 16.3. The summed E-state index contributed by atoms with van der Waals surface area (Å²) in [5, 5.41) is 22.8. The van der Waals surface area contributed by atoms with E-state index < -0.39 is 26.7 Å². The van der Waals surface area contributed by atoms with Gasteiger partial charge in [0.1, 0.15) is 5.58 Å². The highest BCUT2D eigenvalue weighted by Gasteiger charge is 2.25. The van der Waals surface area contributed by atoms with Crippen LogP contribution in [0.1, 0.15) is 0 Å². The lowest BCUT2D eigenvalue weighted by molar-refractivity contribution is -0.394. The van der Waals surface area contributed by atoms with Crippen molar-refractivity contribution in [3.63, 3.8) is 0 Å². The monoisotopic (exact) mass is 464 g/mol. The highest BCUT2D eigenvalue weighted by atomic mass is 16.6. The Balaban J connectivity index is 1.96. The van der Waals surface area contributed by atoms with E-state index in [0.717, 1.165) is 18.2 Å². The largest absolute Gasteiger partial charge is 0.493 e. The zero-order valence-electron chi connectivity index (χ0n) is 17.8. The zero-order valence-corrected chi connectivity index (χ0v) is 17.8. The molecule has 0 aliphatic carbocycles. The minimum Gasteiger partial charge on any atom is -0.493 e. The van der Waals surface area contributed by atoms with Crippen molar-refractivity contribution in [2.24, 2.45) is 0 Å². The molecule has 172 valence electrons. The number of hydrogen-bond acceptors (Lipinski definition) is 9. The Morgan fingerprint density at radius 2 is 1.53 bits per heavy atom. The maximum atomic E-state index is 13.3. The number of fused-ring (bicyclic) bond motifs is 1. The van der Waals surface area contributed by atoms with Gasteiger partial charge in [-0.3, -0.25) is 25.0 Å². The number of para-hydroxylation sites is 1. The summed E-state index contributed by atoms with van der Waals surface area (Å²) in [5.41, 5.74) is -1.12. The number of benzene rings is 3. The lowest BCUT2D eigenvalue weighted by atomic mass is 10.1. The summed E-state index contributed by atoms with van der Waals surface area (Å²) in [6.07, 6.45) is 0. The molecule has 0 fully saturated rings. The Labute approximate surface area is 191 Å². The number of nitrogens with zero attached hydrogens (tertiary/aromatic N) is 2. The van der Waals surface area contributed by atoms with Gasteiger partial charge < -0.3 is 18.6 Å². The molecule has 0 aliphatic rings. The van der Waals surface area contributed by atoms with Gasteiger partial charge in [0.25, 0.3) is 5.69 Å². The molecule has 0 amide bonds. The summed E-state index contributed by atoms with van der Waals surface area (Å²) < 4.78 is 22.2. The molecular weight excluding hydrogens is 448 g/mol. The van der Waals surface area contributed by atoms with Crippen LogP contribution < -0.4 is 19.6 Å². The van der Waals surface area contributed by atoms with E-state index >= 15 is 0 Å². The predicted octanol–water partition coefficient (Wildman–Crippen LogP) is 5.09. The highest BCUT2D eigenvalue weighted by Crippen LogP contribution is 2.40. The second-order valence-electron chi connectivity index (χ2n) is 6.92. The second-order valence-corrected chi connectivity index (χ2v) is 6.92. The van der Waals surface area contributed by atoms with Gasteiger partial charge in [0.2, 0.25) is 16.9 Å². The number of rotatable bonds is 7. The van der Waals surface area contributed by atoms with Gasteiger partial charge in [-0.25, -0.2) is 0 Å². The molecule has 0 radical (unpaired) electrons. The fourth-order valence-electron chi connectivity index (χ4n) is 3.34. The van der Waals surface area contributed by atoms with Crippen molar-refractivity contribution in [2.45, 2.75) is 0 Å². The van der Waals surface area contributed by atoms with Gasteiger partial charge in [0.05, 0.1) is 35.5 Å². The van der Waals surface area contributed by atoms with Crippen LogP contribution in [0.3, 0.4) is 0 Å². The topological polar surface area (TPSA) is 144 Å². The van der Waals surface area contributed by atoms with Crippen LogP contribution in [-0.2, 0) is 0 Å². The number of nitro groups is 2. The van der Waals surface area contributed by atoms with Crippen LogP contribution in [-0.4, -0.2) is 24.1 Å². The van der Waals surface area contributed by atoms with E-state index in [9.17, 15) is 25.0 Å². The summed E-state index contributed by atoms with van der Waals surface area (Å²) in [4.78, 5) is 34.4. The van der Waals surface area contributed by atoms with Crippen molar-refractivity contribution in [3.8, 4) is 34.3 Å². The summed E-state index contributed by atoms with van der Waals surface area (Å²) in [6, 6.07) is 14.1. The first-order valence-electron chi connectivity index (χ1n) is 9.73. The molecule has 0 N–H and O–H groups in total. The van der Waals surface area contributed by atoms with Gasteiger partial charge in [-0.05, 0) is 36.4 Å². The normalized spacial score (nSPS) is 10.6. The first kappa shape index (κ1) is 22.3. The van der Waals surface area contributed by atoms with Crippen molar-refractivity contribution in [1.82, 2.24) is 0 Å². The second kappa shape index (κ2) is 8.90. The van der Waals surface area contributed by atoms with Crippen molar-refractivity contribution in [2.75, 3.05) is 14.2 Å². The van der Waals surface area contributed by atoms with Crippen LogP contribution in [0.25, 0.3) is 22.3 Å². The third-order valence-corrected chi connectivity index (χ3v) is 4.96. The molecule has 0 bridgehead atoms. The molecule has 0 atom stereocenters. The Bertz CT molecular complexity index is 1490. The van der Waals surface area contributed by atoms with Crippen LogP contribution in [0, 0.1) is 20.2 Å². The van der Waals surface area contributed by atoms with Gasteiger partial charge >= 0.3 is 5.69 Å². The first-order valence-corrected chi connectivity index (χ1v) is 9.73. The van der Waals surface area contributed by atoms with Gasteiger partial charge in [-0.15, -0.1) is 0 Å². The molecule has 11 heteroatoms. The van der Waals surface area contributed by atoms with E-state index in [4.69, 9.17) is 18.6 Å². The van der Waals surface area contributed by atoms with Crippen LogP contribution >= 0.6 is 0 Å². The van der Waals surface area contributed by atoms with E-state index in [0.29, 0.717) is 17.1 Å². The summed E-state index contributed by atoms with van der Waals surface area (Å²) >= 11 is 0. The lowest BCUT2D eigenvalue weighted by Gasteiger charge is -2.13. The van der Waals surface area contributed by atoms with Gasteiger partial charge in [0.15, 0.2) is 17.3 Å². The molecule has 1 heterocycles. The quantitative estimate of drug-likeness (QED) is 0.270. The van der Waals surface area contributed by atoms with Crippen LogP contribution in [0.5, 0.6) is 23.0 Å². The lowest BCUT2D eigenvalue weighted by Crippen LogP contribution is -2.08. The van der Waals surface area contributed by atoms with Gasteiger partial charge in [-0.1, -0.05) is 12.1 Å². The molecule has 4 aromatic rings. The Kier molecular flexibility index (Phi) is 5.83. The predicted molar refractivity (Wildman–Crippen MR) is 121 cm³/mol. The average Bonchev–Trinajstić information content (AvgIpc) is 2.85. The van der Waals surface area contributed by atoms with Crippen LogP contribution in [0.4, 0.5) is 11.4 Å². The van der Waals surface area contributed by atoms with Crippen molar-refractivity contribution in [1.29, 1.82) is 0 Å². The summed E-state index contributed by atoms with van der Waals surface area (Å²) in [6.45, 7) is 0. The van der Waals surface area contributed by atoms with Crippen LogP contribution in [0.15, 0.2) is 69.9 Å². The number of nitro benzene ring substituents is 2. The van der Waals surface area contributed by atoms with Crippen LogP contribution in [0.2, 0.25) is 0 Å². The molecule has 0 unspecified atom stereocenters. The number of non-ortho nitro benzene ring substituents is 1. The molecule has 0 spiro atoms. The molecule has 34 heavy (non-hydrogen) atoms. The molecule has 0 saturated heterocycles. The smallest absolute Gasteiger partial charge is 0.318 e. The molecule has 4 rings (SSSR count). The average molecular weight is 464 g/mol. The fraction of sp³-hybridized carbons (Fsp3) is 0.0870. The molecule has 0 saturated carbocycles. The Morgan fingerprint density at radius 3 is 2.21 bits per heavy atom. The Hall–Kier alpha value is -4.93. The molecule has 1 aromatic heterocycles. The number of ether oxygens (including phenoxy) is 3. The third kappa shape index (κ3) is 3.97. The SMILES string of the molecule is COc1ccc(-c2oc3ccccc3c(=O)c2Oc2ccc([N+](=O)[O-])cc2[N+](=O)[O-])cc1OC. The molecule has 3 aromatic carbocycles. The van der Waals surface area contributed by atoms with Crippen molar-refractivity contribution >= 4 is 22.3 Å². The van der Waals surface area contributed by atoms with E-state index in [-0.39, 0.29) is 28.2 Å². The number of hydrogen-bond donors (Lipinski definition) is 0. The van der Waals surface area contributed by atoms with Gasteiger partial charge in [0, 0.05) is 11.6 Å². The third-order valence-electron chi connectivity index (χ3n) is 4.96. The maximum absolute atomic E-state index is 13.3. The molecule has 0 aliphatic heterocycles. The highest BCUT2D eigenvalue weighted by molar-refractivity contribution is 5.82. The zero-order chi connectivity index (χ0) is 24.4.